The number of aromatic nitrogens is 1. The zero-order chi connectivity index (χ0) is 16.2. The van der Waals surface area contributed by atoms with E-state index in [1.54, 1.807) is 0 Å². The summed E-state index contributed by atoms with van der Waals surface area (Å²) >= 11 is 0. The molecule has 22 heavy (non-hydrogen) atoms. The molecule has 3 N–H and O–H groups in total. The van der Waals surface area contributed by atoms with Gasteiger partial charge < -0.3 is 15.6 Å². The molecule has 5 nitrogen and oxygen atoms in total. The Morgan fingerprint density at radius 3 is 2.77 bits per heavy atom. The van der Waals surface area contributed by atoms with Crippen LogP contribution in [0.2, 0.25) is 0 Å². The van der Waals surface area contributed by atoms with Gasteiger partial charge in [0.25, 0.3) is 5.56 Å². The van der Waals surface area contributed by atoms with Gasteiger partial charge in [-0.15, -0.1) is 0 Å². The van der Waals surface area contributed by atoms with Crippen molar-refractivity contribution in [1.29, 1.82) is 0 Å². The highest BCUT2D eigenvalue weighted by Crippen LogP contribution is 2.29. The molecule has 0 aliphatic heterocycles. The Hall–Kier alpha value is -2.25. The Morgan fingerprint density at radius 2 is 2.14 bits per heavy atom. The number of aromatic amines is 1. The molecule has 0 aromatic carbocycles. The SMILES string of the molecule is O=C(NC[C@H]1CC=CCC1)Nc1cc(C(F)(F)F)c[nH]c1=O. The number of halogens is 3. The number of hydrogen-bond acceptors (Lipinski definition) is 2. The van der Waals surface area contributed by atoms with E-state index in [0.29, 0.717) is 24.7 Å². The van der Waals surface area contributed by atoms with Crippen LogP contribution in [-0.2, 0) is 6.18 Å². The summed E-state index contributed by atoms with van der Waals surface area (Å²) in [7, 11) is 0. The molecule has 8 heteroatoms. The van der Waals surface area contributed by atoms with Gasteiger partial charge in [-0.25, -0.2) is 4.79 Å². The molecule has 0 saturated heterocycles. The molecule has 1 aliphatic carbocycles. The maximum atomic E-state index is 12.6. The number of urea groups is 1. The van der Waals surface area contributed by atoms with Crippen molar-refractivity contribution in [3.8, 4) is 0 Å². The number of pyridine rings is 1. The molecule has 1 heterocycles. The van der Waals surface area contributed by atoms with E-state index < -0.39 is 29.0 Å². The van der Waals surface area contributed by atoms with Crippen LogP contribution in [0.15, 0.2) is 29.2 Å². The Balaban J connectivity index is 1.96. The minimum absolute atomic E-state index is 0.301. The third kappa shape index (κ3) is 4.37. The second-order valence-corrected chi connectivity index (χ2v) is 5.11. The summed E-state index contributed by atoms with van der Waals surface area (Å²) in [5.41, 5.74) is -2.25. The number of H-pyrrole nitrogens is 1. The average molecular weight is 315 g/mol. The largest absolute Gasteiger partial charge is 0.417 e. The lowest BCUT2D eigenvalue weighted by Crippen LogP contribution is -2.35. The Kier molecular flexibility index (Phi) is 4.89. The van der Waals surface area contributed by atoms with Crippen molar-refractivity contribution in [3.05, 3.63) is 40.3 Å². The molecule has 0 radical (unpaired) electrons. The van der Waals surface area contributed by atoms with Crippen molar-refractivity contribution in [2.75, 3.05) is 11.9 Å². The van der Waals surface area contributed by atoms with E-state index in [-0.39, 0.29) is 0 Å². The van der Waals surface area contributed by atoms with Gasteiger partial charge in [-0.1, -0.05) is 12.2 Å². The zero-order valence-corrected chi connectivity index (χ0v) is 11.7. The fourth-order valence-corrected chi connectivity index (χ4v) is 2.19. The van der Waals surface area contributed by atoms with Crippen LogP contribution in [0.3, 0.4) is 0 Å². The second kappa shape index (κ2) is 6.67. The Morgan fingerprint density at radius 1 is 1.36 bits per heavy atom. The summed E-state index contributed by atoms with van der Waals surface area (Å²) in [6.07, 6.45) is 2.82. The summed E-state index contributed by atoms with van der Waals surface area (Å²) in [4.78, 5) is 25.1. The van der Waals surface area contributed by atoms with Crippen LogP contribution < -0.4 is 16.2 Å². The van der Waals surface area contributed by atoms with E-state index in [1.165, 1.54) is 0 Å². The third-order valence-corrected chi connectivity index (χ3v) is 3.41. The first kappa shape index (κ1) is 16.1. The molecule has 0 fully saturated rings. The van der Waals surface area contributed by atoms with Crippen molar-refractivity contribution >= 4 is 11.7 Å². The minimum atomic E-state index is -4.59. The molecule has 2 amide bonds. The van der Waals surface area contributed by atoms with Gasteiger partial charge in [-0.05, 0) is 31.2 Å². The summed E-state index contributed by atoms with van der Waals surface area (Å²) in [6, 6.07) is -0.0822. The lowest BCUT2D eigenvalue weighted by molar-refractivity contribution is -0.137. The van der Waals surface area contributed by atoms with Gasteiger partial charge in [-0.3, -0.25) is 4.79 Å². The monoisotopic (exact) mass is 315 g/mol. The summed E-state index contributed by atoms with van der Waals surface area (Å²) in [5, 5.41) is 4.72. The molecule has 0 spiro atoms. The van der Waals surface area contributed by atoms with E-state index in [4.69, 9.17) is 0 Å². The van der Waals surface area contributed by atoms with Crippen LogP contribution in [0.1, 0.15) is 24.8 Å². The van der Waals surface area contributed by atoms with Crippen LogP contribution >= 0.6 is 0 Å². The fraction of sp³-hybridized carbons (Fsp3) is 0.429. The van der Waals surface area contributed by atoms with Crippen LogP contribution in [0.5, 0.6) is 0 Å². The van der Waals surface area contributed by atoms with Gasteiger partial charge in [0.2, 0.25) is 0 Å². The van der Waals surface area contributed by atoms with Gasteiger partial charge in [0.15, 0.2) is 0 Å². The van der Waals surface area contributed by atoms with E-state index in [9.17, 15) is 22.8 Å². The normalized spacial score (nSPS) is 18.0. The summed E-state index contributed by atoms with van der Waals surface area (Å²) < 4.78 is 37.7. The van der Waals surface area contributed by atoms with Crippen molar-refractivity contribution < 1.29 is 18.0 Å². The van der Waals surface area contributed by atoms with Gasteiger partial charge in [0.1, 0.15) is 5.69 Å². The van der Waals surface area contributed by atoms with E-state index in [2.05, 4.69) is 16.7 Å². The number of nitrogens with one attached hydrogen (secondary N) is 3. The molecule has 120 valence electrons. The lowest BCUT2D eigenvalue weighted by atomic mass is 9.94. The topological polar surface area (TPSA) is 74.0 Å². The Labute approximate surface area is 124 Å². The first-order chi connectivity index (χ1) is 10.4. The number of amides is 2. The average Bonchev–Trinajstić information content (AvgIpc) is 2.47. The number of alkyl halides is 3. The number of rotatable bonds is 3. The molecular weight excluding hydrogens is 299 g/mol. The molecule has 0 bridgehead atoms. The molecule has 0 saturated carbocycles. The predicted octanol–water partition coefficient (Wildman–Crippen LogP) is 2.87. The van der Waals surface area contributed by atoms with Crippen molar-refractivity contribution in [1.82, 2.24) is 10.3 Å². The number of carbonyl (C=O) groups is 1. The van der Waals surface area contributed by atoms with Gasteiger partial charge in [0.05, 0.1) is 5.56 Å². The highest BCUT2D eigenvalue weighted by Gasteiger charge is 2.31. The summed E-state index contributed by atoms with van der Waals surface area (Å²) in [6.45, 7) is 0.410. The Bertz CT molecular complexity index is 622. The van der Waals surface area contributed by atoms with Gasteiger partial charge >= 0.3 is 12.2 Å². The number of anilines is 1. The van der Waals surface area contributed by atoms with E-state index >= 15 is 0 Å². The third-order valence-electron chi connectivity index (χ3n) is 3.41. The molecule has 0 unspecified atom stereocenters. The van der Waals surface area contributed by atoms with Crippen LogP contribution in [0, 0.1) is 5.92 Å². The smallest absolute Gasteiger partial charge is 0.338 e. The molecule has 2 rings (SSSR count). The summed E-state index contributed by atoms with van der Waals surface area (Å²) in [5.74, 6) is 0.301. The van der Waals surface area contributed by atoms with Gasteiger partial charge in [0, 0.05) is 12.7 Å². The van der Waals surface area contributed by atoms with Gasteiger partial charge in [-0.2, -0.15) is 13.2 Å². The molecule has 1 aliphatic rings. The number of carbonyl (C=O) groups excluding carboxylic acids is 1. The van der Waals surface area contributed by atoms with Crippen molar-refractivity contribution in [3.63, 3.8) is 0 Å². The fourth-order valence-electron chi connectivity index (χ4n) is 2.19. The van der Waals surface area contributed by atoms with Crippen LogP contribution in [0.25, 0.3) is 0 Å². The van der Waals surface area contributed by atoms with Crippen LogP contribution in [0.4, 0.5) is 23.7 Å². The molecule has 1 aromatic rings. The standard InChI is InChI=1S/C14H16F3N3O2/c15-14(16,17)10-6-11(12(21)18-8-10)20-13(22)19-7-9-4-2-1-3-5-9/h1-2,6,8-9H,3-5,7H2,(H,18,21)(H2,19,20,22)/t9-/m0/s1. The minimum Gasteiger partial charge on any atom is -0.338 e. The first-order valence-electron chi connectivity index (χ1n) is 6.86. The molecule has 1 aromatic heterocycles. The zero-order valence-electron chi connectivity index (χ0n) is 11.7. The quantitative estimate of drug-likeness (QED) is 0.750. The van der Waals surface area contributed by atoms with Crippen molar-refractivity contribution in [2.24, 2.45) is 5.92 Å². The number of hydrogen-bond donors (Lipinski definition) is 3. The van der Waals surface area contributed by atoms with E-state index in [1.807, 2.05) is 11.1 Å². The van der Waals surface area contributed by atoms with Crippen LogP contribution in [-0.4, -0.2) is 17.6 Å². The molecule has 1 atom stereocenters. The highest BCUT2D eigenvalue weighted by atomic mass is 19.4. The van der Waals surface area contributed by atoms with Crippen molar-refractivity contribution in [2.45, 2.75) is 25.4 Å². The number of allylic oxidation sites excluding steroid dienone is 2. The molecular formula is C14H16F3N3O2. The highest BCUT2D eigenvalue weighted by molar-refractivity contribution is 5.89. The maximum Gasteiger partial charge on any atom is 0.417 e. The lowest BCUT2D eigenvalue weighted by Gasteiger charge is -2.18. The maximum absolute atomic E-state index is 12.6. The van der Waals surface area contributed by atoms with E-state index in [0.717, 1.165) is 19.3 Å². The second-order valence-electron chi connectivity index (χ2n) is 5.11. The first-order valence-corrected chi connectivity index (χ1v) is 6.86. The predicted molar refractivity (Wildman–Crippen MR) is 75.6 cm³/mol.